The lowest BCUT2D eigenvalue weighted by Crippen LogP contribution is -2.18. The van der Waals surface area contributed by atoms with E-state index in [1.165, 1.54) is 4.88 Å². The average molecular weight is 306 g/mol. The second-order valence-corrected chi connectivity index (χ2v) is 6.20. The zero-order valence-electron chi connectivity index (χ0n) is 13.2. The molecule has 0 spiro atoms. The minimum Gasteiger partial charge on any atom is -0.497 e. The highest BCUT2D eigenvalue weighted by atomic mass is 32.1. The van der Waals surface area contributed by atoms with Crippen LogP contribution in [-0.4, -0.2) is 19.2 Å². The molecule has 0 saturated carbocycles. The summed E-state index contributed by atoms with van der Waals surface area (Å²) < 4.78 is 10.6. The van der Waals surface area contributed by atoms with Crippen LogP contribution in [0.1, 0.15) is 34.1 Å². The molecule has 0 aliphatic heterocycles. The number of nitrogens with one attached hydrogen (secondary N) is 1. The molecule has 21 heavy (non-hydrogen) atoms. The Balaban J connectivity index is 2.07. The van der Waals surface area contributed by atoms with Gasteiger partial charge < -0.3 is 14.8 Å². The van der Waals surface area contributed by atoms with Crippen LogP contribution in [0.4, 0.5) is 0 Å². The number of hydrogen-bond acceptors (Lipinski definition) is 5. The zero-order chi connectivity index (χ0) is 15.4. The Bertz CT molecular complexity index is 610. The van der Waals surface area contributed by atoms with E-state index in [1.54, 1.807) is 25.6 Å². The third-order valence-electron chi connectivity index (χ3n) is 3.43. The van der Waals surface area contributed by atoms with Gasteiger partial charge in [0.15, 0.2) is 0 Å². The maximum absolute atomic E-state index is 5.42. The largest absolute Gasteiger partial charge is 0.497 e. The SMILES string of the molecule is COc1ccc(CNC(C)c2sc(C)nc2C)c(OC)c1. The lowest BCUT2D eigenvalue weighted by atomic mass is 10.1. The third kappa shape index (κ3) is 3.74. The topological polar surface area (TPSA) is 43.4 Å². The van der Waals surface area contributed by atoms with E-state index in [0.717, 1.165) is 34.3 Å². The number of aryl methyl sites for hydroxylation is 2. The van der Waals surface area contributed by atoms with Crippen molar-refractivity contribution < 1.29 is 9.47 Å². The van der Waals surface area contributed by atoms with Gasteiger partial charge in [0.25, 0.3) is 0 Å². The first-order valence-corrected chi connectivity index (χ1v) is 7.75. The summed E-state index contributed by atoms with van der Waals surface area (Å²) in [5, 5.41) is 4.64. The van der Waals surface area contributed by atoms with Gasteiger partial charge in [0.1, 0.15) is 11.5 Å². The van der Waals surface area contributed by atoms with Crippen molar-refractivity contribution in [3.8, 4) is 11.5 Å². The highest BCUT2D eigenvalue weighted by Crippen LogP contribution is 2.27. The first kappa shape index (κ1) is 15.8. The van der Waals surface area contributed by atoms with Crippen molar-refractivity contribution in [1.82, 2.24) is 10.3 Å². The Hall–Kier alpha value is -1.59. The molecule has 0 saturated heterocycles. The Morgan fingerprint density at radius 2 is 2.00 bits per heavy atom. The molecule has 5 heteroatoms. The molecule has 0 fully saturated rings. The van der Waals surface area contributed by atoms with Crippen LogP contribution in [0, 0.1) is 13.8 Å². The van der Waals surface area contributed by atoms with E-state index in [-0.39, 0.29) is 6.04 Å². The first-order valence-electron chi connectivity index (χ1n) is 6.93. The molecule has 0 radical (unpaired) electrons. The number of nitrogens with zero attached hydrogens (tertiary/aromatic N) is 1. The predicted molar refractivity (Wildman–Crippen MR) is 86.4 cm³/mol. The fourth-order valence-electron chi connectivity index (χ4n) is 2.30. The van der Waals surface area contributed by atoms with Crippen molar-refractivity contribution in [2.45, 2.75) is 33.4 Å². The van der Waals surface area contributed by atoms with Crippen molar-refractivity contribution in [2.24, 2.45) is 0 Å². The van der Waals surface area contributed by atoms with E-state index >= 15 is 0 Å². The summed E-state index contributed by atoms with van der Waals surface area (Å²) >= 11 is 1.75. The lowest BCUT2D eigenvalue weighted by molar-refractivity contribution is 0.389. The van der Waals surface area contributed by atoms with Gasteiger partial charge in [-0.15, -0.1) is 11.3 Å². The van der Waals surface area contributed by atoms with Gasteiger partial charge in [-0.3, -0.25) is 0 Å². The minimum atomic E-state index is 0.267. The van der Waals surface area contributed by atoms with E-state index < -0.39 is 0 Å². The van der Waals surface area contributed by atoms with Gasteiger partial charge in [0, 0.05) is 29.1 Å². The number of aromatic nitrogens is 1. The van der Waals surface area contributed by atoms with Crippen LogP contribution in [0.2, 0.25) is 0 Å². The molecule has 2 rings (SSSR count). The number of rotatable bonds is 6. The van der Waals surface area contributed by atoms with Crippen LogP contribution >= 0.6 is 11.3 Å². The molecule has 4 nitrogen and oxygen atoms in total. The summed E-state index contributed by atoms with van der Waals surface area (Å²) in [5.41, 5.74) is 2.23. The van der Waals surface area contributed by atoms with Crippen LogP contribution in [0.5, 0.6) is 11.5 Å². The standard InChI is InChI=1S/C16H22N2O2S/c1-10(16-11(2)18-12(3)21-16)17-9-13-6-7-14(19-4)8-15(13)20-5/h6-8,10,17H,9H2,1-5H3. The highest BCUT2D eigenvalue weighted by molar-refractivity contribution is 7.11. The zero-order valence-corrected chi connectivity index (χ0v) is 14.0. The Kier molecular flexibility index (Phi) is 5.20. The van der Waals surface area contributed by atoms with Gasteiger partial charge in [0.2, 0.25) is 0 Å². The quantitative estimate of drug-likeness (QED) is 0.885. The van der Waals surface area contributed by atoms with Crippen LogP contribution in [-0.2, 0) is 6.54 Å². The number of ether oxygens (including phenoxy) is 2. The van der Waals surface area contributed by atoms with Gasteiger partial charge >= 0.3 is 0 Å². The van der Waals surface area contributed by atoms with E-state index in [4.69, 9.17) is 9.47 Å². The number of hydrogen-bond donors (Lipinski definition) is 1. The number of thiazole rings is 1. The molecule has 1 heterocycles. The Morgan fingerprint density at radius 1 is 1.24 bits per heavy atom. The van der Waals surface area contributed by atoms with E-state index in [0.29, 0.717) is 0 Å². The second kappa shape index (κ2) is 6.91. The molecule has 0 aliphatic carbocycles. The fraction of sp³-hybridized carbons (Fsp3) is 0.438. The van der Waals surface area contributed by atoms with Crippen molar-refractivity contribution in [3.63, 3.8) is 0 Å². The van der Waals surface area contributed by atoms with Crippen LogP contribution in [0.3, 0.4) is 0 Å². The summed E-state index contributed by atoms with van der Waals surface area (Å²) in [6.07, 6.45) is 0. The molecule has 1 aromatic carbocycles. The molecule has 1 atom stereocenters. The summed E-state index contributed by atoms with van der Waals surface area (Å²) in [6.45, 7) is 7.01. The Morgan fingerprint density at radius 3 is 2.57 bits per heavy atom. The van der Waals surface area contributed by atoms with Crippen molar-refractivity contribution >= 4 is 11.3 Å². The molecule has 1 unspecified atom stereocenters. The number of benzene rings is 1. The molecule has 1 aromatic heterocycles. The normalized spacial score (nSPS) is 12.2. The molecule has 114 valence electrons. The second-order valence-electron chi connectivity index (χ2n) is 4.96. The minimum absolute atomic E-state index is 0.267. The molecule has 0 bridgehead atoms. The average Bonchev–Trinajstić information content (AvgIpc) is 2.83. The van der Waals surface area contributed by atoms with Crippen LogP contribution < -0.4 is 14.8 Å². The maximum Gasteiger partial charge on any atom is 0.127 e. The van der Waals surface area contributed by atoms with Crippen molar-refractivity contribution in [1.29, 1.82) is 0 Å². The van der Waals surface area contributed by atoms with E-state index in [1.807, 2.05) is 25.1 Å². The molecule has 0 aliphatic rings. The smallest absolute Gasteiger partial charge is 0.127 e. The van der Waals surface area contributed by atoms with Gasteiger partial charge in [-0.1, -0.05) is 6.07 Å². The lowest BCUT2D eigenvalue weighted by Gasteiger charge is -2.15. The maximum atomic E-state index is 5.42. The van der Waals surface area contributed by atoms with Crippen molar-refractivity contribution in [3.05, 3.63) is 39.3 Å². The van der Waals surface area contributed by atoms with E-state index in [9.17, 15) is 0 Å². The number of methoxy groups -OCH3 is 2. The fourth-order valence-corrected chi connectivity index (χ4v) is 3.26. The molecule has 0 amide bonds. The van der Waals surface area contributed by atoms with Gasteiger partial charge in [-0.05, 0) is 26.8 Å². The first-order chi connectivity index (χ1) is 10.0. The predicted octanol–water partition coefficient (Wildman–Crippen LogP) is 3.63. The molecule has 1 N–H and O–H groups in total. The molecule has 2 aromatic rings. The van der Waals surface area contributed by atoms with Crippen LogP contribution in [0.15, 0.2) is 18.2 Å². The van der Waals surface area contributed by atoms with Gasteiger partial charge in [-0.25, -0.2) is 4.98 Å². The monoisotopic (exact) mass is 306 g/mol. The summed E-state index contributed by atoms with van der Waals surface area (Å²) in [7, 11) is 3.34. The summed E-state index contributed by atoms with van der Waals surface area (Å²) in [6, 6.07) is 6.15. The summed E-state index contributed by atoms with van der Waals surface area (Å²) in [4.78, 5) is 5.77. The van der Waals surface area contributed by atoms with Crippen LogP contribution in [0.25, 0.3) is 0 Å². The van der Waals surface area contributed by atoms with Crippen molar-refractivity contribution in [2.75, 3.05) is 14.2 Å². The van der Waals surface area contributed by atoms with Gasteiger partial charge in [-0.2, -0.15) is 0 Å². The third-order valence-corrected chi connectivity index (χ3v) is 4.68. The molecular formula is C16H22N2O2S. The van der Waals surface area contributed by atoms with E-state index in [2.05, 4.69) is 24.1 Å². The Labute approximate surface area is 130 Å². The molecular weight excluding hydrogens is 284 g/mol. The van der Waals surface area contributed by atoms with Gasteiger partial charge in [0.05, 0.1) is 24.9 Å². The summed E-state index contributed by atoms with van der Waals surface area (Å²) in [5.74, 6) is 1.64. The highest BCUT2D eigenvalue weighted by Gasteiger charge is 2.13.